The van der Waals surface area contributed by atoms with Gasteiger partial charge in [-0.25, -0.2) is 4.39 Å². The van der Waals surface area contributed by atoms with Gasteiger partial charge >= 0.3 is 0 Å². The molecule has 0 spiro atoms. The van der Waals surface area contributed by atoms with Crippen LogP contribution in [0, 0.1) is 11.2 Å². The van der Waals surface area contributed by atoms with E-state index in [4.69, 9.17) is 0 Å². The number of carbonyl (C=O) groups is 1. The van der Waals surface area contributed by atoms with E-state index >= 15 is 0 Å². The SMILES string of the molecule is CCC(CC)(CO)CNC(=O)c1cc(F)cc(Br)c1. The van der Waals surface area contributed by atoms with Crippen LogP contribution in [-0.4, -0.2) is 24.2 Å². The fourth-order valence-corrected chi connectivity index (χ4v) is 2.30. The van der Waals surface area contributed by atoms with E-state index in [2.05, 4.69) is 21.2 Å². The molecule has 0 aliphatic heterocycles. The second-order valence-corrected chi connectivity index (χ2v) is 5.62. The summed E-state index contributed by atoms with van der Waals surface area (Å²) in [5.41, 5.74) is -0.0360. The molecule has 1 rings (SSSR count). The molecular weight excluding hydrogens is 313 g/mol. The zero-order valence-electron chi connectivity index (χ0n) is 11.2. The highest BCUT2D eigenvalue weighted by atomic mass is 79.9. The van der Waals surface area contributed by atoms with Crippen molar-refractivity contribution in [2.24, 2.45) is 5.41 Å². The number of aliphatic hydroxyl groups is 1. The Morgan fingerprint density at radius 2 is 2.00 bits per heavy atom. The Morgan fingerprint density at radius 1 is 1.37 bits per heavy atom. The number of hydrogen-bond donors (Lipinski definition) is 2. The molecule has 1 aromatic carbocycles. The summed E-state index contributed by atoms with van der Waals surface area (Å²) in [5, 5.41) is 12.2. The number of carbonyl (C=O) groups excluding carboxylic acids is 1. The van der Waals surface area contributed by atoms with Gasteiger partial charge in [0.2, 0.25) is 0 Å². The largest absolute Gasteiger partial charge is 0.396 e. The number of rotatable bonds is 6. The standard InChI is InChI=1S/C14H19BrFNO2/c1-3-14(4-2,9-18)8-17-13(19)10-5-11(15)7-12(16)6-10/h5-7,18H,3-4,8-9H2,1-2H3,(H,17,19). The van der Waals surface area contributed by atoms with E-state index < -0.39 is 5.82 Å². The van der Waals surface area contributed by atoms with Gasteiger partial charge < -0.3 is 10.4 Å². The lowest BCUT2D eigenvalue weighted by atomic mass is 9.83. The first-order valence-electron chi connectivity index (χ1n) is 6.31. The van der Waals surface area contributed by atoms with Crippen molar-refractivity contribution in [2.45, 2.75) is 26.7 Å². The second-order valence-electron chi connectivity index (χ2n) is 4.71. The molecule has 0 saturated heterocycles. The van der Waals surface area contributed by atoms with Gasteiger partial charge in [-0.2, -0.15) is 0 Å². The Bertz CT molecular complexity index is 419. The summed E-state index contributed by atoms with van der Waals surface area (Å²) in [5.74, 6) is -0.793. The predicted octanol–water partition coefficient (Wildman–Crippen LogP) is 3.12. The molecule has 0 heterocycles. The first-order valence-corrected chi connectivity index (χ1v) is 7.11. The topological polar surface area (TPSA) is 49.3 Å². The minimum Gasteiger partial charge on any atom is -0.396 e. The van der Waals surface area contributed by atoms with Crippen LogP contribution in [0.4, 0.5) is 4.39 Å². The fraction of sp³-hybridized carbons (Fsp3) is 0.500. The van der Waals surface area contributed by atoms with Crippen molar-refractivity contribution in [3.05, 3.63) is 34.1 Å². The number of halogens is 2. The van der Waals surface area contributed by atoms with Gasteiger partial charge in [0.25, 0.3) is 5.91 Å². The van der Waals surface area contributed by atoms with Crippen LogP contribution in [0.15, 0.2) is 22.7 Å². The molecule has 0 aromatic heterocycles. The molecule has 0 fully saturated rings. The molecule has 3 nitrogen and oxygen atoms in total. The van der Waals surface area contributed by atoms with Crippen LogP contribution in [0.2, 0.25) is 0 Å². The average Bonchev–Trinajstić information content (AvgIpc) is 2.39. The number of hydrogen-bond acceptors (Lipinski definition) is 2. The molecule has 0 unspecified atom stereocenters. The van der Waals surface area contributed by atoms with E-state index in [1.54, 1.807) is 6.07 Å². The maximum absolute atomic E-state index is 13.2. The molecule has 1 aromatic rings. The maximum Gasteiger partial charge on any atom is 0.251 e. The van der Waals surface area contributed by atoms with Crippen molar-refractivity contribution in [1.29, 1.82) is 0 Å². The summed E-state index contributed by atoms with van der Waals surface area (Å²) in [6.07, 6.45) is 1.54. The van der Waals surface area contributed by atoms with Crippen LogP contribution in [-0.2, 0) is 0 Å². The first kappa shape index (κ1) is 16.1. The van der Waals surface area contributed by atoms with Gasteiger partial charge in [-0.05, 0) is 31.0 Å². The number of amides is 1. The van der Waals surface area contributed by atoms with E-state index in [1.165, 1.54) is 12.1 Å². The van der Waals surface area contributed by atoms with Crippen molar-refractivity contribution < 1.29 is 14.3 Å². The monoisotopic (exact) mass is 331 g/mol. The van der Waals surface area contributed by atoms with Crippen molar-refractivity contribution >= 4 is 21.8 Å². The second kappa shape index (κ2) is 7.01. The Labute approximate surface area is 121 Å². The quantitative estimate of drug-likeness (QED) is 0.841. The zero-order chi connectivity index (χ0) is 14.5. The van der Waals surface area contributed by atoms with Gasteiger partial charge in [-0.1, -0.05) is 29.8 Å². The van der Waals surface area contributed by atoms with Crippen LogP contribution in [0.1, 0.15) is 37.0 Å². The molecule has 0 aliphatic rings. The maximum atomic E-state index is 13.2. The van der Waals surface area contributed by atoms with Gasteiger partial charge in [0, 0.05) is 22.0 Å². The van der Waals surface area contributed by atoms with Crippen molar-refractivity contribution in [3.63, 3.8) is 0 Å². The predicted molar refractivity (Wildman–Crippen MR) is 76.5 cm³/mol. The zero-order valence-corrected chi connectivity index (χ0v) is 12.8. The molecule has 106 valence electrons. The van der Waals surface area contributed by atoms with Gasteiger partial charge in [-0.15, -0.1) is 0 Å². The lowest BCUT2D eigenvalue weighted by molar-refractivity contribution is 0.0850. The minimum absolute atomic E-state index is 0.0210. The molecule has 0 saturated carbocycles. The van der Waals surface area contributed by atoms with Gasteiger partial charge in [0.05, 0.1) is 6.61 Å². The first-order chi connectivity index (χ1) is 8.96. The van der Waals surface area contributed by atoms with Crippen molar-refractivity contribution in [2.75, 3.05) is 13.2 Å². The number of aliphatic hydroxyl groups excluding tert-OH is 1. The smallest absolute Gasteiger partial charge is 0.251 e. The Hall–Kier alpha value is -0.940. The third-order valence-corrected chi connectivity index (χ3v) is 4.04. The van der Waals surface area contributed by atoms with Crippen LogP contribution in [0.3, 0.4) is 0 Å². The highest BCUT2D eigenvalue weighted by molar-refractivity contribution is 9.10. The Balaban J connectivity index is 2.74. The van der Waals surface area contributed by atoms with E-state index in [1.807, 2.05) is 13.8 Å². The van der Waals surface area contributed by atoms with E-state index in [9.17, 15) is 14.3 Å². The highest BCUT2D eigenvalue weighted by Crippen LogP contribution is 2.24. The van der Waals surface area contributed by atoms with Crippen molar-refractivity contribution in [3.8, 4) is 0 Å². The molecule has 1 amide bonds. The molecule has 0 bridgehead atoms. The summed E-state index contributed by atoms with van der Waals surface area (Å²) < 4.78 is 13.7. The molecule has 0 radical (unpaired) electrons. The van der Waals surface area contributed by atoms with Gasteiger partial charge in [0.1, 0.15) is 5.82 Å². The van der Waals surface area contributed by atoms with E-state index in [0.717, 1.165) is 12.8 Å². The fourth-order valence-electron chi connectivity index (χ4n) is 1.83. The van der Waals surface area contributed by atoms with Crippen LogP contribution >= 0.6 is 15.9 Å². The van der Waals surface area contributed by atoms with Gasteiger partial charge in [-0.3, -0.25) is 4.79 Å². The molecule has 0 atom stereocenters. The van der Waals surface area contributed by atoms with Crippen LogP contribution < -0.4 is 5.32 Å². The summed E-state index contributed by atoms with van der Waals surface area (Å²) >= 11 is 3.15. The normalized spacial score (nSPS) is 11.4. The van der Waals surface area contributed by atoms with Crippen LogP contribution in [0.5, 0.6) is 0 Å². The number of benzene rings is 1. The van der Waals surface area contributed by atoms with Crippen molar-refractivity contribution in [1.82, 2.24) is 5.32 Å². The lowest BCUT2D eigenvalue weighted by Crippen LogP contribution is -2.39. The third kappa shape index (κ3) is 4.28. The molecular formula is C14H19BrFNO2. The van der Waals surface area contributed by atoms with E-state index in [0.29, 0.717) is 11.0 Å². The van der Waals surface area contributed by atoms with E-state index in [-0.39, 0.29) is 23.5 Å². The molecule has 2 N–H and O–H groups in total. The third-order valence-electron chi connectivity index (χ3n) is 3.58. The summed E-state index contributed by atoms with van der Waals surface area (Å²) in [6.45, 7) is 4.35. The number of nitrogens with one attached hydrogen (secondary N) is 1. The molecule has 5 heteroatoms. The average molecular weight is 332 g/mol. The summed E-state index contributed by atoms with van der Waals surface area (Å²) in [7, 11) is 0. The Kier molecular flexibility index (Phi) is 5.94. The lowest BCUT2D eigenvalue weighted by Gasteiger charge is -2.29. The Morgan fingerprint density at radius 3 is 2.47 bits per heavy atom. The summed E-state index contributed by atoms with van der Waals surface area (Å²) in [4.78, 5) is 12.0. The van der Waals surface area contributed by atoms with Gasteiger partial charge in [0.15, 0.2) is 0 Å². The molecule has 19 heavy (non-hydrogen) atoms. The molecule has 0 aliphatic carbocycles. The van der Waals surface area contributed by atoms with Crippen LogP contribution in [0.25, 0.3) is 0 Å². The minimum atomic E-state index is -0.459. The summed E-state index contributed by atoms with van der Waals surface area (Å²) in [6, 6.07) is 4.06. The highest BCUT2D eigenvalue weighted by Gasteiger charge is 2.26.